The average molecular weight is 264 g/mol. The molecule has 0 bridgehead atoms. The Hall–Kier alpha value is -1.06. The number of ether oxygens (including phenoxy) is 1. The van der Waals surface area contributed by atoms with Crippen LogP contribution >= 0.6 is 0 Å². The van der Waals surface area contributed by atoms with Crippen LogP contribution in [0.15, 0.2) is 24.3 Å². The zero-order valence-electron chi connectivity index (χ0n) is 12.8. The van der Waals surface area contributed by atoms with Crippen molar-refractivity contribution in [1.82, 2.24) is 10.2 Å². The van der Waals surface area contributed by atoms with E-state index in [9.17, 15) is 0 Å². The van der Waals surface area contributed by atoms with Crippen LogP contribution in [0.2, 0.25) is 0 Å². The number of likely N-dealkylation sites (N-methyl/N-ethyl adjacent to an activating group) is 2. The average Bonchev–Trinajstić information content (AvgIpc) is 2.37. The van der Waals surface area contributed by atoms with Crippen molar-refractivity contribution in [1.29, 1.82) is 0 Å². The largest absolute Gasteiger partial charge is 0.491 e. The van der Waals surface area contributed by atoms with Gasteiger partial charge in [-0.05, 0) is 51.6 Å². The molecule has 1 aromatic carbocycles. The predicted octanol–water partition coefficient (Wildman–Crippen LogP) is 2.56. The minimum Gasteiger partial charge on any atom is -0.491 e. The lowest BCUT2D eigenvalue weighted by atomic mass is 10.1. The molecular formula is C16H28N2O. The van der Waals surface area contributed by atoms with Crippen LogP contribution < -0.4 is 10.1 Å². The van der Waals surface area contributed by atoms with E-state index in [0.29, 0.717) is 0 Å². The maximum atomic E-state index is 5.64. The van der Waals surface area contributed by atoms with Gasteiger partial charge in [-0.15, -0.1) is 0 Å². The minimum atomic E-state index is 0.239. The smallest absolute Gasteiger partial charge is 0.119 e. The molecule has 0 atom stereocenters. The van der Waals surface area contributed by atoms with Crippen molar-refractivity contribution in [3.63, 3.8) is 0 Å². The molecule has 0 unspecified atom stereocenters. The van der Waals surface area contributed by atoms with Crippen LogP contribution in [-0.2, 0) is 6.42 Å². The Morgan fingerprint density at radius 3 is 2.42 bits per heavy atom. The van der Waals surface area contributed by atoms with Crippen molar-refractivity contribution in [2.24, 2.45) is 0 Å². The van der Waals surface area contributed by atoms with Gasteiger partial charge in [0.1, 0.15) is 5.75 Å². The molecule has 0 saturated heterocycles. The monoisotopic (exact) mass is 264 g/mol. The third kappa shape index (κ3) is 7.19. The molecule has 1 rings (SSSR count). The number of nitrogens with one attached hydrogen (secondary N) is 1. The molecule has 0 aliphatic rings. The number of nitrogens with zero attached hydrogens (tertiary/aromatic N) is 1. The first-order valence-corrected chi connectivity index (χ1v) is 7.26. The summed E-state index contributed by atoms with van der Waals surface area (Å²) in [6.45, 7) is 10.5. The van der Waals surface area contributed by atoms with Gasteiger partial charge in [0.25, 0.3) is 0 Å². The third-order valence-electron chi connectivity index (χ3n) is 3.00. The van der Waals surface area contributed by atoms with E-state index in [-0.39, 0.29) is 6.10 Å². The van der Waals surface area contributed by atoms with Gasteiger partial charge in [0.15, 0.2) is 0 Å². The first-order valence-electron chi connectivity index (χ1n) is 7.26. The van der Waals surface area contributed by atoms with Crippen molar-refractivity contribution in [2.45, 2.75) is 33.3 Å². The molecule has 0 heterocycles. The van der Waals surface area contributed by atoms with Gasteiger partial charge in [-0.1, -0.05) is 19.1 Å². The summed E-state index contributed by atoms with van der Waals surface area (Å²) in [6.07, 6.45) is 1.33. The van der Waals surface area contributed by atoms with E-state index in [2.05, 4.69) is 48.5 Å². The van der Waals surface area contributed by atoms with Crippen LogP contribution in [0.5, 0.6) is 5.75 Å². The highest BCUT2D eigenvalue weighted by molar-refractivity contribution is 5.27. The van der Waals surface area contributed by atoms with Crippen molar-refractivity contribution in [3.8, 4) is 5.75 Å². The van der Waals surface area contributed by atoms with Crippen molar-refractivity contribution in [2.75, 3.05) is 33.2 Å². The maximum Gasteiger partial charge on any atom is 0.119 e. The number of benzene rings is 1. The van der Waals surface area contributed by atoms with Crippen molar-refractivity contribution in [3.05, 3.63) is 29.8 Å². The lowest BCUT2D eigenvalue weighted by molar-refractivity contribution is 0.242. The molecule has 3 heteroatoms. The second kappa shape index (κ2) is 8.94. The van der Waals surface area contributed by atoms with E-state index >= 15 is 0 Å². The Labute approximate surface area is 118 Å². The Morgan fingerprint density at radius 2 is 1.84 bits per heavy atom. The lowest BCUT2D eigenvalue weighted by Crippen LogP contribution is -2.30. The van der Waals surface area contributed by atoms with Gasteiger partial charge in [0.05, 0.1) is 6.10 Å². The fourth-order valence-electron chi connectivity index (χ4n) is 1.89. The quantitative estimate of drug-likeness (QED) is 0.694. The summed E-state index contributed by atoms with van der Waals surface area (Å²) >= 11 is 0. The molecule has 0 aliphatic carbocycles. The van der Waals surface area contributed by atoms with Crippen LogP contribution in [0.3, 0.4) is 0 Å². The van der Waals surface area contributed by atoms with Crippen LogP contribution in [0.25, 0.3) is 0 Å². The summed E-state index contributed by atoms with van der Waals surface area (Å²) in [5.41, 5.74) is 1.37. The summed E-state index contributed by atoms with van der Waals surface area (Å²) in [7, 11) is 2.17. The lowest BCUT2D eigenvalue weighted by Gasteiger charge is -2.16. The van der Waals surface area contributed by atoms with Crippen LogP contribution in [-0.4, -0.2) is 44.2 Å². The maximum absolute atomic E-state index is 5.64. The summed E-state index contributed by atoms with van der Waals surface area (Å²) < 4.78 is 5.64. The second-order valence-electron chi connectivity index (χ2n) is 5.22. The molecule has 1 N–H and O–H groups in total. The van der Waals surface area contributed by atoms with Crippen LogP contribution in [0, 0.1) is 0 Å². The zero-order chi connectivity index (χ0) is 14.1. The van der Waals surface area contributed by atoms with Gasteiger partial charge in [-0.25, -0.2) is 0 Å². The Morgan fingerprint density at radius 1 is 1.16 bits per heavy atom. The summed E-state index contributed by atoms with van der Waals surface area (Å²) in [5, 5.41) is 3.34. The standard InChI is InChI=1S/C16H28N2O/c1-5-17-11-13-18(4)12-10-15-6-8-16(9-7-15)19-14(2)3/h6-9,14,17H,5,10-13H2,1-4H3. The van der Waals surface area contributed by atoms with Crippen LogP contribution in [0.1, 0.15) is 26.3 Å². The molecule has 0 amide bonds. The van der Waals surface area contributed by atoms with Gasteiger partial charge in [0, 0.05) is 19.6 Å². The summed E-state index contributed by atoms with van der Waals surface area (Å²) in [4.78, 5) is 2.36. The van der Waals surface area contributed by atoms with Gasteiger partial charge >= 0.3 is 0 Å². The Balaban J connectivity index is 2.29. The molecule has 0 spiro atoms. The molecule has 0 fully saturated rings. The fourth-order valence-corrected chi connectivity index (χ4v) is 1.89. The molecule has 0 aliphatic heterocycles. The highest BCUT2D eigenvalue weighted by atomic mass is 16.5. The summed E-state index contributed by atoms with van der Waals surface area (Å²) in [6, 6.07) is 8.45. The fraction of sp³-hybridized carbons (Fsp3) is 0.625. The topological polar surface area (TPSA) is 24.5 Å². The van der Waals surface area contributed by atoms with Crippen LogP contribution in [0.4, 0.5) is 0 Å². The van der Waals surface area contributed by atoms with E-state index in [0.717, 1.165) is 38.3 Å². The van der Waals surface area contributed by atoms with Gasteiger partial charge in [-0.2, -0.15) is 0 Å². The SMILES string of the molecule is CCNCCN(C)CCc1ccc(OC(C)C)cc1. The minimum absolute atomic E-state index is 0.239. The van der Waals surface area contributed by atoms with Gasteiger partial charge in [-0.3, -0.25) is 0 Å². The Kier molecular flexibility index (Phi) is 7.53. The summed E-state index contributed by atoms with van der Waals surface area (Å²) in [5.74, 6) is 0.958. The molecule has 19 heavy (non-hydrogen) atoms. The first kappa shape index (κ1) is 16.0. The molecule has 0 aromatic heterocycles. The van der Waals surface area contributed by atoms with Crippen molar-refractivity contribution >= 4 is 0 Å². The third-order valence-corrected chi connectivity index (χ3v) is 3.00. The molecule has 0 radical (unpaired) electrons. The van der Waals surface area contributed by atoms with E-state index in [1.54, 1.807) is 0 Å². The van der Waals surface area contributed by atoms with E-state index in [1.165, 1.54) is 5.56 Å². The molecular weight excluding hydrogens is 236 g/mol. The van der Waals surface area contributed by atoms with Gasteiger partial charge in [0.2, 0.25) is 0 Å². The van der Waals surface area contributed by atoms with Gasteiger partial charge < -0.3 is 15.0 Å². The highest BCUT2D eigenvalue weighted by Crippen LogP contribution is 2.14. The number of hydrogen-bond acceptors (Lipinski definition) is 3. The normalized spacial score (nSPS) is 11.3. The molecule has 0 saturated carbocycles. The zero-order valence-corrected chi connectivity index (χ0v) is 12.8. The number of rotatable bonds is 9. The highest BCUT2D eigenvalue weighted by Gasteiger charge is 2.01. The van der Waals surface area contributed by atoms with E-state index in [4.69, 9.17) is 4.74 Å². The molecule has 108 valence electrons. The molecule has 3 nitrogen and oxygen atoms in total. The molecule has 1 aromatic rings. The number of hydrogen-bond donors (Lipinski definition) is 1. The first-order chi connectivity index (χ1) is 9.11. The van der Waals surface area contributed by atoms with E-state index in [1.807, 2.05) is 13.8 Å². The predicted molar refractivity (Wildman–Crippen MR) is 82.0 cm³/mol. The Bertz CT molecular complexity index is 335. The van der Waals surface area contributed by atoms with E-state index < -0.39 is 0 Å². The second-order valence-corrected chi connectivity index (χ2v) is 5.22. The van der Waals surface area contributed by atoms with Crippen molar-refractivity contribution < 1.29 is 4.74 Å².